The average Bonchev–Trinajstić information content (AvgIpc) is 3.57. The van der Waals surface area contributed by atoms with Crippen LogP contribution in [0.25, 0.3) is 16.7 Å². The number of para-hydroxylation sites is 1. The number of H-pyrrole nitrogens is 1. The maximum Gasteiger partial charge on any atom is 0.295 e. The Morgan fingerprint density at radius 1 is 1.14 bits per heavy atom. The predicted molar refractivity (Wildman–Crippen MR) is 136 cm³/mol. The highest BCUT2D eigenvalue weighted by Crippen LogP contribution is 2.45. The van der Waals surface area contributed by atoms with Crippen LogP contribution in [0.15, 0.2) is 54.2 Å². The van der Waals surface area contributed by atoms with E-state index >= 15 is 0 Å². The Morgan fingerprint density at radius 2 is 1.89 bits per heavy atom. The van der Waals surface area contributed by atoms with Gasteiger partial charge in [0.05, 0.1) is 18.2 Å². The van der Waals surface area contributed by atoms with Crippen molar-refractivity contribution in [1.29, 1.82) is 0 Å². The second kappa shape index (κ2) is 9.25. The number of nitrogens with one attached hydrogen (secondary N) is 1. The van der Waals surface area contributed by atoms with E-state index in [1.807, 2.05) is 49.5 Å². The number of aliphatic hydroxyl groups excluding tert-OH is 1. The van der Waals surface area contributed by atoms with Gasteiger partial charge in [0, 0.05) is 34.3 Å². The number of amides is 1. The molecule has 0 radical (unpaired) electrons. The standard InChI is InChI=1S/C29H32N2O4/c1-17(2)16-35-24-13-12-19(14-18(24)3)27(32)25-26(22-15-30-23-11-7-6-10-21(22)23)31(29(34)28(25)33)20-8-4-5-9-20/h6-7,10-15,17,20,26,30,32H,4-5,8-9,16H2,1-3H3/b27-25+. The molecule has 2 aromatic carbocycles. The number of aryl methyl sites for hydroxylation is 1. The number of hydrogen-bond donors (Lipinski definition) is 2. The van der Waals surface area contributed by atoms with E-state index in [4.69, 9.17) is 4.74 Å². The molecule has 3 aromatic rings. The van der Waals surface area contributed by atoms with Crippen LogP contribution >= 0.6 is 0 Å². The zero-order chi connectivity index (χ0) is 24.7. The van der Waals surface area contributed by atoms with Gasteiger partial charge in [-0.3, -0.25) is 9.59 Å². The van der Waals surface area contributed by atoms with Crippen LogP contribution in [0.3, 0.4) is 0 Å². The summed E-state index contributed by atoms with van der Waals surface area (Å²) in [7, 11) is 0. The molecule has 6 heteroatoms. The number of carbonyl (C=O) groups is 2. The molecule has 2 aliphatic rings. The van der Waals surface area contributed by atoms with Gasteiger partial charge in [-0.1, -0.05) is 44.9 Å². The number of ether oxygens (including phenoxy) is 1. The fraction of sp³-hybridized carbons (Fsp3) is 0.379. The van der Waals surface area contributed by atoms with Gasteiger partial charge in [-0.05, 0) is 55.5 Å². The molecule has 35 heavy (non-hydrogen) atoms. The van der Waals surface area contributed by atoms with Crippen molar-refractivity contribution in [3.63, 3.8) is 0 Å². The highest BCUT2D eigenvalue weighted by Gasteiger charge is 2.49. The van der Waals surface area contributed by atoms with E-state index in [1.165, 1.54) is 0 Å². The first-order valence-electron chi connectivity index (χ1n) is 12.5. The van der Waals surface area contributed by atoms with E-state index in [0.717, 1.165) is 53.5 Å². The Morgan fingerprint density at radius 3 is 2.60 bits per heavy atom. The Labute approximate surface area is 205 Å². The maximum atomic E-state index is 13.4. The number of Topliss-reactive ketones (excluding diaryl/α,β-unsaturated/α-hetero) is 1. The van der Waals surface area contributed by atoms with E-state index in [1.54, 1.807) is 11.0 Å². The van der Waals surface area contributed by atoms with Gasteiger partial charge in [-0.25, -0.2) is 0 Å². The number of likely N-dealkylation sites (tertiary alicyclic amines) is 1. The fourth-order valence-corrected chi connectivity index (χ4v) is 5.41. The van der Waals surface area contributed by atoms with Crippen molar-refractivity contribution in [3.05, 3.63) is 70.9 Å². The Balaban J connectivity index is 1.63. The topological polar surface area (TPSA) is 82.6 Å². The summed E-state index contributed by atoms with van der Waals surface area (Å²) in [6.07, 6.45) is 5.67. The molecule has 0 bridgehead atoms. The molecule has 1 aliphatic heterocycles. The van der Waals surface area contributed by atoms with Crippen LogP contribution < -0.4 is 4.74 Å². The summed E-state index contributed by atoms with van der Waals surface area (Å²) in [4.78, 5) is 31.8. The molecule has 1 atom stereocenters. The number of ketones is 1. The zero-order valence-corrected chi connectivity index (χ0v) is 20.5. The normalized spacial score (nSPS) is 20.5. The number of hydrogen-bond acceptors (Lipinski definition) is 4. The zero-order valence-electron chi connectivity index (χ0n) is 20.5. The molecule has 5 rings (SSSR count). The third-order valence-electron chi connectivity index (χ3n) is 7.13. The Kier molecular flexibility index (Phi) is 6.13. The summed E-state index contributed by atoms with van der Waals surface area (Å²) in [6.45, 7) is 6.69. The summed E-state index contributed by atoms with van der Waals surface area (Å²) < 4.78 is 5.88. The summed E-state index contributed by atoms with van der Waals surface area (Å²) in [5, 5.41) is 12.4. The van der Waals surface area contributed by atoms with Crippen LogP contribution in [0.5, 0.6) is 5.75 Å². The second-order valence-corrected chi connectivity index (χ2v) is 10.1. The van der Waals surface area contributed by atoms with Gasteiger partial charge in [-0.15, -0.1) is 0 Å². The molecule has 2 fully saturated rings. The lowest BCUT2D eigenvalue weighted by Crippen LogP contribution is -2.37. The first-order valence-corrected chi connectivity index (χ1v) is 12.5. The molecule has 2 N–H and O–H groups in total. The fourth-order valence-electron chi connectivity index (χ4n) is 5.41. The van der Waals surface area contributed by atoms with E-state index in [9.17, 15) is 14.7 Å². The molecule has 2 heterocycles. The number of aromatic nitrogens is 1. The molecular formula is C29H32N2O4. The third kappa shape index (κ3) is 4.11. The Bertz CT molecular complexity index is 1310. The predicted octanol–water partition coefficient (Wildman–Crippen LogP) is 5.88. The first kappa shape index (κ1) is 23.2. The molecule has 1 amide bonds. The van der Waals surface area contributed by atoms with Gasteiger partial charge < -0.3 is 19.7 Å². The van der Waals surface area contributed by atoms with Crippen molar-refractivity contribution in [2.24, 2.45) is 5.92 Å². The van der Waals surface area contributed by atoms with Crippen molar-refractivity contribution in [3.8, 4) is 5.75 Å². The lowest BCUT2D eigenvalue weighted by molar-refractivity contribution is -0.141. The first-order chi connectivity index (χ1) is 16.9. The number of nitrogens with zero attached hydrogens (tertiary/aromatic N) is 1. The minimum Gasteiger partial charge on any atom is -0.507 e. The van der Waals surface area contributed by atoms with Gasteiger partial charge in [-0.2, -0.15) is 0 Å². The van der Waals surface area contributed by atoms with Crippen LogP contribution in [0.2, 0.25) is 0 Å². The summed E-state index contributed by atoms with van der Waals surface area (Å²) in [5.74, 6) is -0.150. The number of rotatable bonds is 6. The van der Waals surface area contributed by atoms with Crippen molar-refractivity contribution in [2.45, 2.75) is 58.5 Å². The molecule has 1 aromatic heterocycles. The highest BCUT2D eigenvalue weighted by molar-refractivity contribution is 6.46. The number of aliphatic hydroxyl groups is 1. The van der Waals surface area contributed by atoms with E-state index in [-0.39, 0.29) is 17.4 Å². The van der Waals surface area contributed by atoms with Gasteiger partial charge in [0.2, 0.25) is 0 Å². The van der Waals surface area contributed by atoms with Crippen molar-refractivity contribution in [1.82, 2.24) is 9.88 Å². The van der Waals surface area contributed by atoms with Gasteiger partial charge in [0.25, 0.3) is 11.7 Å². The highest BCUT2D eigenvalue weighted by atomic mass is 16.5. The molecular weight excluding hydrogens is 440 g/mol. The van der Waals surface area contributed by atoms with Crippen LogP contribution in [-0.2, 0) is 9.59 Å². The smallest absolute Gasteiger partial charge is 0.295 e. The average molecular weight is 473 g/mol. The monoisotopic (exact) mass is 472 g/mol. The third-order valence-corrected chi connectivity index (χ3v) is 7.13. The van der Waals surface area contributed by atoms with Crippen molar-refractivity contribution < 1.29 is 19.4 Å². The molecule has 0 spiro atoms. The van der Waals surface area contributed by atoms with Crippen molar-refractivity contribution >= 4 is 28.4 Å². The summed E-state index contributed by atoms with van der Waals surface area (Å²) >= 11 is 0. The second-order valence-electron chi connectivity index (χ2n) is 10.1. The molecule has 1 aliphatic carbocycles. The SMILES string of the molecule is Cc1cc(/C(O)=C2\C(=O)C(=O)N(C3CCCC3)C2c2c[nH]c3ccccc23)ccc1OCC(C)C. The van der Waals surface area contributed by atoms with Crippen LogP contribution in [0.4, 0.5) is 0 Å². The minimum absolute atomic E-state index is 0.0102. The number of fused-ring (bicyclic) bond motifs is 1. The van der Waals surface area contributed by atoms with Gasteiger partial charge in [0.15, 0.2) is 0 Å². The van der Waals surface area contributed by atoms with Crippen LogP contribution in [0, 0.1) is 12.8 Å². The summed E-state index contributed by atoms with van der Waals surface area (Å²) in [5.41, 5.74) is 3.29. The van der Waals surface area contributed by atoms with E-state index < -0.39 is 17.7 Å². The van der Waals surface area contributed by atoms with Gasteiger partial charge >= 0.3 is 0 Å². The van der Waals surface area contributed by atoms with Crippen LogP contribution in [-0.4, -0.2) is 39.3 Å². The van der Waals surface area contributed by atoms with E-state index in [2.05, 4.69) is 18.8 Å². The molecule has 6 nitrogen and oxygen atoms in total. The molecule has 1 unspecified atom stereocenters. The minimum atomic E-state index is -0.633. The summed E-state index contributed by atoms with van der Waals surface area (Å²) in [6, 6.07) is 12.6. The quantitative estimate of drug-likeness (QED) is 0.267. The van der Waals surface area contributed by atoms with Crippen molar-refractivity contribution in [2.75, 3.05) is 6.61 Å². The largest absolute Gasteiger partial charge is 0.507 e. The molecule has 182 valence electrons. The molecule has 1 saturated carbocycles. The number of benzene rings is 2. The van der Waals surface area contributed by atoms with Crippen LogP contribution in [0.1, 0.15) is 62.3 Å². The lowest BCUT2D eigenvalue weighted by Gasteiger charge is -2.30. The maximum absolute atomic E-state index is 13.4. The van der Waals surface area contributed by atoms with Gasteiger partial charge in [0.1, 0.15) is 11.5 Å². The van der Waals surface area contributed by atoms with E-state index in [0.29, 0.717) is 18.1 Å². The molecule has 1 saturated heterocycles. The lowest BCUT2D eigenvalue weighted by atomic mass is 9.94. The Hall–Kier alpha value is -3.54. The number of aromatic amines is 1. The number of carbonyl (C=O) groups excluding carboxylic acids is 2.